The third kappa shape index (κ3) is 5.87. The van der Waals surface area contributed by atoms with Gasteiger partial charge in [-0.3, -0.25) is 14.4 Å². The SMILES string of the molecule is CC(C)CONC(=O)c1ccc(OCC(N)=O)cc1. The summed E-state index contributed by atoms with van der Waals surface area (Å²) in [6, 6.07) is 6.31. The van der Waals surface area contributed by atoms with E-state index in [-0.39, 0.29) is 12.5 Å². The number of primary amides is 1. The molecule has 0 fully saturated rings. The van der Waals surface area contributed by atoms with E-state index in [4.69, 9.17) is 15.3 Å². The number of hydroxylamine groups is 1. The van der Waals surface area contributed by atoms with E-state index in [2.05, 4.69) is 5.48 Å². The molecule has 3 N–H and O–H groups in total. The first-order valence-corrected chi connectivity index (χ1v) is 5.92. The largest absolute Gasteiger partial charge is 0.484 e. The highest BCUT2D eigenvalue weighted by Gasteiger charge is 2.06. The van der Waals surface area contributed by atoms with Gasteiger partial charge in [0.15, 0.2) is 6.61 Å². The monoisotopic (exact) mass is 266 g/mol. The van der Waals surface area contributed by atoms with Gasteiger partial charge < -0.3 is 10.5 Å². The maximum atomic E-state index is 11.7. The number of carbonyl (C=O) groups excluding carboxylic acids is 2. The first-order valence-electron chi connectivity index (χ1n) is 5.92. The number of amides is 2. The molecule has 0 spiro atoms. The summed E-state index contributed by atoms with van der Waals surface area (Å²) in [6.45, 7) is 4.22. The Labute approximate surface area is 111 Å². The maximum Gasteiger partial charge on any atom is 0.274 e. The lowest BCUT2D eigenvalue weighted by atomic mass is 10.2. The molecule has 0 aliphatic rings. The third-order valence-corrected chi connectivity index (χ3v) is 2.08. The quantitative estimate of drug-likeness (QED) is 0.716. The molecule has 19 heavy (non-hydrogen) atoms. The lowest BCUT2D eigenvalue weighted by molar-refractivity contribution is -0.119. The predicted octanol–water partition coefficient (Wildman–Crippen LogP) is 0.868. The Morgan fingerprint density at radius 2 is 1.89 bits per heavy atom. The maximum absolute atomic E-state index is 11.7. The second kappa shape index (κ2) is 7.38. The van der Waals surface area contributed by atoms with E-state index in [9.17, 15) is 9.59 Å². The molecule has 0 saturated heterocycles. The minimum atomic E-state index is -0.552. The van der Waals surface area contributed by atoms with E-state index in [1.165, 1.54) is 0 Å². The topological polar surface area (TPSA) is 90.7 Å². The first kappa shape index (κ1) is 15.0. The molecule has 0 atom stereocenters. The van der Waals surface area contributed by atoms with E-state index >= 15 is 0 Å². The molecular formula is C13H18N2O4. The molecule has 0 heterocycles. The summed E-state index contributed by atoms with van der Waals surface area (Å²) < 4.78 is 5.08. The van der Waals surface area contributed by atoms with Gasteiger partial charge >= 0.3 is 0 Å². The van der Waals surface area contributed by atoms with Crippen LogP contribution in [-0.2, 0) is 9.63 Å². The number of hydrogen-bond acceptors (Lipinski definition) is 4. The lowest BCUT2D eigenvalue weighted by Gasteiger charge is -2.08. The summed E-state index contributed by atoms with van der Waals surface area (Å²) in [6.07, 6.45) is 0. The highest BCUT2D eigenvalue weighted by Crippen LogP contribution is 2.12. The van der Waals surface area contributed by atoms with E-state index in [1.807, 2.05) is 13.8 Å². The van der Waals surface area contributed by atoms with Gasteiger partial charge in [-0.05, 0) is 30.2 Å². The van der Waals surface area contributed by atoms with Crippen LogP contribution >= 0.6 is 0 Å². The Morgan fingerprint density at radius 1 is 1.26 bits per heavy atom. The summed E-state index contributed by atoms with van der Waals surface area (Å²) in [5.74, 6) is -0.0747. The van der Waals surface area contributed by atoms with Gasteiger partial charge in [-0.15, -0.1) is 0 Å². The van der Waals surface area contributed by atoms with Crippen molar-refractivity contribution in [1.82, 2.24) is 5.48 Å². The van der Waals surface area contributed by atoms with Crippen LogP contribution in [0, 0.1) is 5.92 Å². The zero-order chi connectivity index (χ0) is 14.3. The Hall–Kier alpha value is -2.08. The summed E-state index contributed by atoms with van der Waals surface area (Å²) in [4.78, 5) is 27.2. The van der Waals surface area contributed by atoms with Crippen molar-refractivity contribution in [2.75, 3.05) is 13.2 Å². The molecule has 104 valence electrons. The van der Waals surface area contributed by atoms with E-state index in [0.717, 1.165) is 0 Å². The Morgan fingerprint density at radius 3 is 2.42 bits per heavy atom. The molecule has 0 aliphatic carbocycles. The second-order valence-electron chi connectivity index (χ2n) is 4.42. The summed E-state index contributed by atoms with van der Waals surface area (Å²) in [5.41, 5.74) is 7.74. The zero-order valence-electron chi connectivity index (χ0n) is 11.0. The third-order valence-electron chi connectivity index (χ3n) is 2.08. The summed E-state index contributed by atoms with van der Waals surface area (Å²) in [5, 5.41) is 0. The lowest BCUT2D eigenvalue weighted by Crippen LogP contribution is -2.25. The van der Waals surface area contributed by atoms with Gasteiger partial charge in [0.25, 0.3) is 11.8 Å². The number of nitrogens with two attached hydrogens (primary N) is 1. The fourth-order valence-corrected chi connectivity index (χ4v) is 1.19. The average molecular weight is 266 g/mol. The van der Waals surface area contributed by atoms with E-state index in [1.54, 1.807) is 24.3 Å². The molecule has 6 nitrogen and oxygen atoms in total. The van der Waals surface area contributed by atoms with Crippen LogP contribution in [0.1, 0.15) is 24.2 Å². The molecule has 0 saturated carbocycles. The Balaban J connectivity index is 2.46. The van der Waals surface area contributed by atoms with Crippen molar-refractivity contribution in [3.8, 4) is 5.75 Å². The number of nitrogens with one attached hydrogen (secondary N) is 1. The van der Waals surface area contributed by atoms with Crippen LogP contribution in [0.5, 0.6) is 5.75 Å². The molecule has 0 bridgehead atoms. The van der Waals surface area contributed by atoms with Crippen LogP contribution < -0.4 is 16.0 Å². The number of benzene rings is 1. The van der Waals surface area contributed by atoms with Crippen molar-refractivity contribution < 1.29 is 19.2 Å². The molecule has 0 unspecified atom stereocenters. The molecule has 0 aromatic heterocycles. The van der Waals surface area contributed by atoms with Gasteiger partial charge in [0.05, 0.1) is 6.61 Å². The molecule has 6 heteroatoms. The van der Waals surface area contributed by atoms with Crippen LogP contribution in [0.25, 0.3) is 0 Å². The fraction of sp³-hybridized carbons (Fsp3) is 0.385. The van der Waals surface area contributed by atoms with Crippen LogP contribution in [-0.4, -0.2) is 25.0 Å². The normalized spacial score (nSPS) is 10.3. The highest BCUT2D eigenvalue weighted by atomic mass is 16.6. The molecule has 0 radical (unpaired) electrons. The number of ether oxygens (including phenoxy) is 1. The predicted molar refractivity (Wildman–Crippen MR) is 69.4 cm³/mol. The minimum absolute atomic E-state index is 0.191. The molecule has 1 aromatic carbocycles. The number of rotatable bonds is 7. The van der Waals surface area contributed by atoms with Crippen molar-refractivity contribution in [2.24, 2.45) is 11.7 Å². The highest BCUT2D eigenvalue weighted by molar-refractivity contribution is 5.93. The van der Waals surface area contributed by atoms with Gasteiger partial charge in [-0.2, -0.15) is 0 Å². The Bertz CT molecular complexity index is 429. The molecule has 1 rings (SSSR count). The van der Waals surface area contributed by atoms with Crippen molar-refractivity contribution in [3.63, 3.8) is 0 Å². The number of carbonyl (C=O) groups is 2. The van der Waals surface area contributed by atoms with Crippen molar-refractivity contribution >= 4 is 11.8 Å². The van der Waals surface area contributed by atoms with Crippen molar-refractivity contribution in [3.05, 3.63) is 29.8 Å². The Kier molecular flexibility index (Phi) is 5.81. The van der Waals surface area contributed by atoms with Crippen molar-refractivity contribution in [2.45, 2.75) is 13.8 Å². The summed E-state index contributed by atoms with van der Waals surface area (Å²) in [7, 11) is 0. The van der Waals surface area contributed by atoms with Crippen molar-refractivity contribution in [1.29, 1.82) is 0 Å². The number of hydrogen-bond donors (Lipinski definition) is 2. The van der Waals surface area contributed by atoms with E-state index < -0.39 is 5.91 Å². The van der Waals surface area contributed by atoms with Gasteiger partial charge in [0.1, 0.15) is 5.75 Å². The zero-order valence-corrected chi connectivity index (χ0v) is 11.0. The molecule has 2 amide bonds. The van der Waals surface area contributed by atoms with Gasteiger partial charge in [0.2, 0.25) is 0 Å². The van der Waals surface area contributed by atoms with Crippen LogP contribution in [0.15, 0.2) is 24.3 Å². The minimum Gasteiger partial charge on any atom is -0.484 e. The van der Waals surface area contributed by atoms with Crippen LogP contribution in [0.4, 0.5) is 0 Å². The van der Waals surface area contributed by atoms with Gasteiger partial charge in [-0.1, -0.05) is 13.8 Å². The van der Waals surface area contributed by atoms with Crippen LogP contribution in [0.2, 0.25) is 0 Å². The van der Waals surface area contributed by atoms with E-state index in [0.29, 0.717) is 23.8 Å². The first-order chi connectivity index (χ1) is 8.99. The standard InChI is InChI=1S/C13H18N2O4/c1-9(2)7-19-15-13(17)10-3-5-11(6-4-10)18-8-12(14)16/h3-6,9H,7-8H2,1-2H3,(H2,14,16)(H,15,17). The van der Waals surface area contributed by atoms with Gasteiger partial charge in [0, 0.05) is 5.56 Å². The molecular weight excluding hydrogens is 248 g/mol. The summed E-state index contributed by atoms with van der Waals surface area (Å²) >= 11 is 0. The second-order valence-corrected chi connectivity index (χ2v) is 4.42. The molecule has 0 aliphatic heterocycles. The smallest absolute Gasteiger partial charge is 0.274 e. The average Bonchev–Trinajstić information content (AvgIpc) is 2.36. The molecule has 1 aromatic rings. The van der Waals surface area contributed by atoms with Crippen LogP contribution in [0.3, 0.4) is 0 Å². The fourth-order valence-electron chi connectivity index (χ4n) is 1.19. The van der Waals surface area contributed by atoms with Gasteiger partial charge in [-0.25, -0.2) is 5.48 Å².